The van der Waals surface area contributed by atoms with Gasteiger partial charge in [0.1, 0.15) is 5.69 Å². The molecule has 0 unspecified atom stereocenters. The van der Waals surface area contributed by atoms with E-state index < -0.39 is 0 Å². The molecule has 1 aromatic carbocycles. The summed E-state index contributed by atoms with van der Waals surface area (Å²) in [6, 6.07) is 12.4. The van der Waals surface area contributed by atoms with Crippen LogP contribution in [0.1, 0.15) is 18.4 Å². The Bertz CT molecular complexity index is 727. The van der Waals surface area contributed by atoms with Gasteiger partial charge in [-0.2, -0.15) is 0 Å². The molecule has 0 aliphatic rings. The van der Waals surface area contributed by atoms with E-state index in [0.29, 0.717) is 12.6 Å². The highest BCUT2D eigenvalue weighted by molar-refractivity contribution is 5.58. The van der Waals surface area contributed by atoms with Crippen LogP contribution in [0.4, 0.5) is 0 Å². The van der Waals surface area contributed by atoms with Crippen molar-refractivity contribution >= 4 is 0 Å². The molecule has 0 aliphatic carbocycles. The van der Waals surface area contributed by atoms with Gasteiger partial charge >= 0.3 is 0 Å². The fourth-order valence-corrected chi connectivity index (χ4v) is 2.43. The van der Waals surface area contributed by atoms with Crippen LogP contribution in [-0.2, 0) is 13.0 Å². The predicted octanol–water partition coefficient (Wildman–Crippen LogP) is 3.19. The lowest BCUT2D eigenvalue weighted by atomic mass is 10.1. The topological polar surface area (TPSA) is 55.1 Å². The van der Waals surface area contributed by atoms with Gasteiger partial charge in [-0.15, -0.1) is 0 Å². The Hall–Kier alpha value is -2.53. The first-order valence-corrected chi connectivity index (χ1v) is 7.68. The summed E-state index contributed by atoms with van der Waals surface area (Å²) in [7, 11) is 2.08. The van der Waals surface area contributed by atoms with Crippen LogP contribution in [0.2, 0.25) is 0 Å². The second kappa shape index (κ2) is 7.15. The highest BCUT2D eigenvalue weighted by Crippen LogP contribution is 2.19. The van der Waals surface area contributed by atoms with E-state index in [9.17, 15) is 0 Å². The minimum absolute atomic E-state index is 0.331. The number of nitrogens with zero attached hydrogens (tertiary/aromatic N) is 4. The van der Waals surface area contributed by atoms with Gasteiger partial charge in [0, 0.05) is 42.7 Å². The Labute approximate surface area is 136 Å². The molecule has 0 aliphatic heterocycles. The molecule has 1 atom stereocenters. The zero-order chi connectivity index (χ0) is 16.1. The highest BCUT2D eigenvalue weighted by Gasteiger charge is 2.14. The summed E-state index contributed by atoms with van der Waals surface area (Å²) in [5.74, 6) is 0.859. The fourth-order valence-electron chi connectivity index (χ4n) is 2.43. The number of likely N-dealkylation sites (N-methyl/N-ethyl adjacent to an activating group) is 1. The van der Waals surface area contributed by atoms with Crippen LogP contribution in [0.5, 0.6) is 0 Å². The van der Waals surface area contributed by atoms with Gasteiger partial charge in [-0.1, -0.05) is 35.5 Å². The minimum atomic E-state index is 0.331. The zero-order valence-electron chi connectivity index (χ0n) is 13.4. The second-order valence-corrected chi connectivity index (χ2v) is 5.71. The normalized spacial score (nSPS) is 12.5. The molecule has 0 fully saturated rings. The van der Waals surface area contributed by atoms with E-state index in [1.54, 1.807) is 12.4 Å². The van der Waals surface area contributed by atoms with Crippen molar-refractivity contribution in [2.75, 3.05) is 7.05 Å². The monoisotopic (exact) mass is 308 g/mol. The quantitative estimate of drug-likeness (QED) is 0.700. The average Bonchev–Trinajstić information content (AvgIpc) is 3.05. The molecule has 0 N–H and O–H groups in total. The van der Waals surface area contributed by atoms with E-state index in [4.69, 9.17) is 4.52 Å². The van der Waals surface area contributed by atoms with Crippen molar-refractivity contribution in [1.82, 2.24) is 20.0 Å². The summed E-state index contributed by atoms with van der Waals surface area (Å²) < 4.78 is 5.47. The first kappa shape index (κ1) is 15.4. The maximum absolute atomic E-state index is 5.47. The van der Waals surface area contributed by atoms with E-state index in [1.165, 1.54) is 0 Å². The van der Waals surface area contributed by atoms with Crippen LogP contribution in [0.25, 0.3) is 11.3 Å². The van der Waals surface area contributed by atoms with Crippen molar-refractivity contribution in [3.05, 3.63) is 66.4 Å². The average molecular weight is 308 g/mol. The number of benzene rings is 1. The first-order chi connectivity index (χ1) is 11.2. The maximum atomic E-state index is 5.47. The van der Waals surface area contributed by atoms with Gasteiger partial charge in [-0.05, 0) is 14.0 Å². The zero-order valence-corrected chi connectivity index (χ0v) is 13.4. The number of aromatic nitrogens is 3. The molecule has 0 saturated carbocycles. The Morgan fingerprint density at radius 1 is 1.17 bits per heavy atom. The smallest absolute Gasteiger partial charge is 0.151 e. The molecule has 5 nitrogen and oxygen atoms in total. The molecule has 0 radical (unpaired) electrons. The third kappa shape index (κ3) is 4.02. The SMILES string of the molecule is C[C@H](Cc1cnccn1)N(C)Cc1cc(-c2ccccc2)no1. The second-order valence-electron chi connectivity index (χ2n) is 5.71. The van der Waals surface area contributed by atoms with Crippen molar-refractivity contribution in [2.24, 2.45) is 0 Å². The molecule has 3 aromatic rings. The Kier molecular flexibility index (Phi) is 4.78. The molecule has 0 saturated heterocycles. The van der Waals surface area contributed by atoms with Crippen LogP contribution in [0.3, 0.4) is 0 Å². The van der Waals surface area contributed by atoms with Crippen molar-refractivity contribution in [1.29, 1.82) is 0 Å². The van der Waals surface area contributed by atoms with Gasteiger partial charge in [0.15, 0.2) is 5.76 Å². The Balaban J connectivity index is 1.62. The summed E-state index contributed by atoms with van der Waals surface area (Å²) in [6.07, 6.45) is 6.08. The molecule has 0 bridgehead atoms. The predicted molar refractivity (Wildman–Crippen MR) is 88.6 cm³/mol. The fraction of sp³-hybridized carbons (Fsp3) is 0.278. The van der Waals surface area contributed by atoms with Crippen LogP contribution >= 0.6 is 0 Å². The molecule has 0 amide bonds. The molecular formula is C18H20N4O. The van der Waals surface area contributed by atoms with Gasteiger partial charge in [0.05, 0.1) is 12.2 Å². The van der Waals surface area contributed by atoms with Crippen LogP contribution in [-0.4, -0.2) is 33.1 Å². The van der Waals surface area contributed by atoms with E-state index >= 15 is 0 Å². The maximum Gasteiger partial charge on any atom is 0.151 e. The molecule has 118 valence electrons. The summed E-state index contributed by atoms with van der Waals surface area (Å²) in [4.78, 5) is 10.7. The molecular weight excluding hydrogens is 288 g/mol. The summed E-state index contributed by atoms with van der Waals surface area (Å²) in [6.45, 7) is 2.88. The molecule has 5 heteroatoms. The van der Waals surface area contributed by atoms with Crippen molar-refractivity contribution < 1.29 is 4.52 Å². The van der Waals surface area contributed by atoms with Gasteiger partial charge in [-0.25, -0.2) is 0 Å². The summed E-state index contributed by atoms with van der Waals surface area (Å²) in [5.41, 5.74) is 2.93. The summed E-state index contributed by atoms with van der Waals surface area (Å²) in [5, 5.41) is 4.16. The van der Waals surface area contributed by atoms with Gasteiger partial charge in [0.2, 0.25) is 0 Å². The van der Waals surface area contributed by atoms with Crippen LogP contribution < -0.4 is 0 Å². The third-order valence-corrected chi connectivity index (χ3v) is 3.91. The van der Waals surface area contributed by atoms with Gasteiger partial charge in [0.25, 0.3) is 0 Å². The van der Waals surface area contributed by atoms with Crippen LogP contribution in [0.15, 0.2) is 59.5 Å². The minimum Gasteiger partial charge on any atom is -0.359 e. The molecule has 2 heterocycles. The lowest BCUT2D eigenvalue weighted by molar-refractivity contribution is 0.217. The number of hydrogen-bond donors (Lipinski definition) is 0. The van der Waals surface area contributed by atoms with Gasteiger partial charge in [-0.3, -0.25) is 14.9 Å². The largest absolute Gasteiger partial charge is 0.359 e. The highest BCUT2D eigenvalue weighted by atomic mass is 16.5. The van der Waals surface area contributed by atoms with Crippen molar-refractivity contribution in [3.63, 3.8) is 0 Å². The summed E-state index contributed by atoms with van der Waals surface area (Å²) >= 11 is 0. The van der Waals surface area contributed by atoms with Crippen molar-refractivity contribution in [3.8, 4) is 11.3 Å². The first-order valence-electron chi connectivity index (χ1n) is 7.68. The van der Waals surface area contributed by atoms with Crippen molar-refractivity contribution in [2.45, 2.75) is 25.9 Å². The molecule has 2 aromatic heterocycles. The Morgan fingerprint density at radius 2 is 2.00 bits per heavy atom. The number of rotatable bonds is 6. The molecule has 3 rings (SSSR count). The lowest BCUT2D eigenvalue weighted by Crippen LogP contribution is -2.30. The lowest BCUT2D eigenvalue weighted by Gasteiger charge is -2.22. The van der Waals surface area contributed by atoms with Gasteiger partial charge < -0.3 is 4.52 Å². The standard InChI is InChI=1S/C18H20N4O/c1-14(10-16-12-19-8-9-20-16)22(2)13-17-11-18(21-23-17)15-6-4-3-5-7-15/h3-9,11-12,14H,10,13H2,1-2H3/t14-/m1/s1. The van der Waals surface area contributed by atoms with E-state index in [0.717, 1.165) is 29.1 Å². The third-order valence-electron chi connectivity index (χ3n) is 3.91. The number of hydrogen-bond acceptors (Lipinski definition) is 5. The molecule has 0 spiro atoms. The Morgan fingerprint density at radius 3 is 2.74 bits per heavy atom. The van der Waals surface area contributed by atoms with Crippen LogP contribution in [0, 0.1) is 0 Å². The molecule has 23 heavy (non-hydrogen) atoms. The van der Waals surface area contributed by atoms with E-state index in [2.05, 4.69) is 34.0 Å². The van der Waals surface area contributed by atoms with E-state index in [1.807, 2.05) is 42.6 Å². The van der Waals surface area contributed by atoms with E-state index in [-0.39, 0.29) is 0 Å².